The number of nitrogens with two attached hydrogens (primary N) is 1. The molecule has 2 aromatic rings. The van der Waals surface area contributed by atoms with Crippen molar-refractivity contribution in [2.75, 3.05) is 24.6 Å². The van der Waals surface area contributed by atoms with E-state index in [2.05, 4.69) is 0 Å². The van der Waals surface area contributed by atoms with Gasteiger partial charge >= 0.3 is 11.7 Å². The van der Waals surface area contributed by atoms with Crippen LogP contribution in [0.5, 0.6) is 0 Å². The molecule has 1 aliphatic rings. The molecule has 0 aliphatic carbocycles. The lowest BCUT2D eigenvalue weighted by Crippen LogP contribution is -2.47. The van der Waals surface area contributed by atoms with Gasteiger partial charge in [-0.1, -0.05) is 18.2 Å². The van der Waals surface area contributed by atoms with Gasteiger partial charge in [-0.2, -0.15) is 0 Å². The predicted molar refractivity (Wildman–Crippen MR) is 107 cm³/mol. The third kappa shape index (κ3) is 4.01. The Bertz CT molecular complexity index is 979. The number of carbonyl (C=O) groups excluding carboxylic acids is 1. The Morgan fingerprint density at radius 2 is 2.04 bits per heavy atom. The minimum atomic E-state index is -0.433. The van der Waals surface area contributed by atoms with E-state index in [0.717, 1.165) is 24.0 Å². The number of ether oxygens (including phenoxy) is 1. The van der Waals surface area contributed by atoms with Gasteiger partial charge < -0.3 is 15.4 Å². The van der Waals surface area contributed by atoms with Crippen LogP contribution in [0.25, 0.3) is 0 Å². The summed E-state index contributed by atoms with van der Waals surface area (Å²) in [6.45, 7) is 3.47. The number of anilines is 1. The standard InChI is InChI=1S/C20H26N4O4/c1-3-28-19(26)16-9-5-4-7-14(16)12-24-17(11-18(25)22(2)20(24)27)23-10-6-8-15(21)13-23/h4-5,7,9,11,15H,3,6,8,10,12-13,21H2,1-2H3/t15-/m1/s1. The molecule has 0 radical (unpaired) electrons. The first-order valence-electron chi connectivity index (χ1n) is 9.48. The fraction of sp³-hybridized carbons (Fsp3) is 0.450. The van der Waals surface area contributed by atoms with E-state index in [1.54, 1.807) is 25.1 Å². The maximum atomic E-state index is 12.9. The molecule has 1 aromatic carbocycles. The summed E-state index contributed by atoms with van der Waals surface area (Å²) in [7, 11) is 1.45. The number of esters is 1. The highest BCUT2D eigenvalue weighted by atomic mass is 16.5. The zero-order chi connectivity index (χ0) is 20.3. The van der Waals surface area contributed by atoms with Crippen molar-refractivity contribution in [3.05, 3.63) is 62.3 Å². The molecule has 0 unspecified atom stereocenters. The maximum absolute atomic E-state index is 12.9. The van der Waals surface area contributed by atoms with Crippen molar-refractivity contribution in [1.29, 1.82) is 0 Å². The highest BCUT2D eigenvalue weighted by molar-refractivity contribution is 5.91. The van der Waals surface area contributed by atoms with Crippen molar-refractivity contribution < 1.29 is 9.53 Å². The van der Waals surface area contributed by atoms with Crippen LogP contribution < -0.4 is 21.9 Å². The third-order valence-corrected chi connectivity index (χ3v) is 5.00. The molecule has 1 fully saturated rings. The van der Waals surface area contributed by atoms with E-state index in [1.807, 2.05) is 11.0 Å². The Hall–Kier alpha value is -2.87. The van der Waals surface area contributed by atoms with Crippen molar-refractivity contribution in [3.63, 3.8) is 0 Å². The Balaban J connectivity index is 2.08. The van der Waals surface area contributed by atoms with Gasteiger partial charge in [0.15, 0.2) is 0 Å². The van der Waals surface area contributed by atoms with E-state index in [1.165, 1.54) is 17.7 Å². The Morgan fingerprint density at radius 1 is 1.29 bits per heavy atom. The van der Waals surface area contributed by atoms with Crippen LogP contribution in [0, 0.1) is 0 Å². The summed E-state index contributed by atoms with van der Waals surface area (Å²) in [5.41, 5.74) is 6.36. The molecule has 1 aliphatic heterocycles. The number of benzene rings is 1. The number of piperidine rings is 1. The van der Waals surface area contributed by atoms with Gasteiger partial charge in [0.1, 0.15) is 5.82 Å². The zero-order valence-corrected chi connectivity index (χ0v) is 16.3. The average Bonchev–Trinajstić information content (AvgIpc) is 2.68. The van der Waals surface area contributed by atoms with Crippen molar-refractivity contribution in [2.24, 2.45) is 12.8 Å². The molecule has 28 heavy (non-hydrogen) atoms. The lowest BCUT2D eigenvalue weighted by molar-refractivity contribution is 0.0525. The number of rotatable bonds is 5. The maximum Gasteiger partial charge on any atom is 0.338 e. The van der Waals surface area contributed by atoms with Gasteiger partial charge in [-0.25, -0.2) is 9.59 Å². The lowest BCUT2D eigenvalue weighted by Gasteiger charge is -2.34. The van der Waals surface area contributed by atoms with E-state index in [0.29, 0.717) is 23.5 Å². The van der Waals surface area contributed by atoms with Gasteiger partial charge in [0.2, 0.25) is 0 Å². The van der Waals surface area contributed by atoms with E-state index in [9.17, 15) is 14.4 Å². The molecule has 1 aromatic heterocycles. The summed E-state index contributed by atoms with van der Waals surface area (Å²) in [4.78, 5) is 39.4. The van der Waals surface area contributed by atoms with Crippen LogP contribution in [-0.2, 0) is 18.3 Å². The van der Waals surface area contributed by atoms with E-state index < -0.39 is 11.7 Å². The Kier molecular flexibility index (Phi) is 5.99. The molecule has 2 heterocycles. The monoisotopic (exact) mass is 386 g/mol. The first-order chi connectivity index (χ1) is 13.4. The average molecular weight is 386 g/mol. The first-order valence-corrected chi connectivity index (χ1v) is 9.48. The van der Waals surface area contributed by atoms with Gasteiger partial charge in [0.05, 0.1) is 18.7 Å². The Morgan fingerprint density at radius 3 is 2.75 bits per heavy atom. The van der Waals surface area contributed by atoms with Crippen LogP contribution in [0.1, 0.15) is 35.7 Å². The summed E-state index contributed by atoms with van der Waals surface area (Å²) < 4.78 is 7.73. The summed E-state index contributed by atoms with van der Waals surface area (Å²) in [6.07, 6.45) is 1.81. The van der Waals surface area contributed by atoms with Crippen molar-refractivity contribution in [3.8, 4) is 0 Å². The Labute approximate surface area is 163 Å². The van der Waals surface area contributed by atoms with Crippen LogP contribution in [-0.4, -0.2) is 40.8 Å². The first kappa shape index (κ1) is 19.9. The number of carbonyl (C=O) groups is 1. The van der Waals surface area contributed by atoms with E-state index >= 15 is 0 Å². The quantitative estimate of drug-likeness (QED) is 0.760. The fourth-order valence-electron chi connectivity index (χ4n) is 3.52. The van der Waals surface area contributed by atoms with Gasteiger partial charge in [-0.05, 0) is 31.4 Å². The molecule has 3 rings (SSSR count). The summed E-state index contributed by atoms with van der Waals surface area (Å²) >= 11 is 0. The summed E-state index contributed by atoms with van der Waals surface area (Å²) in [6, 6.07) is 8.48. The second-order valence-electron chi connectivity index (χ2n) is 6.99. The van der Waals surface area contributed by atoms with Crippen LogP contribution in [0.3, 0.4) is 0 Å². The number of aromatic nitrogens is 2. The van der Waals surface area contributed by atoms with Gasteiger partial charge in [0.25, 0.3) is 5.56 Å². The van der Waals surface area contributed by atoms with E-state index in [4.69, 9.17) is 10.5 Å². The number of nitrogens with zero attached hydrogens (tertiary/aromatic N) is 3. The van der Waals surface area contributed by atoms with Crippen molar-refractivity contribution in [2.45, 2.75) is 32.4 Å². The molecule has 8 nitrogen and oxygen atoms in total. The minimum Gasteiger partial charge on any atom is -0.462 e. The molecular weight excluding hydrogens is 360 g/mol. The molecule has 8 heteroatoms. The van der Waals surface area contributed by atoms with Crippen LogP contribution in [0.4, 0.5) is 5.82 Å². The van der Waals surface area contributed by atoms with Gasteiger partial charge in [0, 0.05) is 32.2 Å². The normalized spacial score (nSPS) is 16.8. The highest BCUT2D eigenvalue weighted by Crippen LogP contribution is 2.19. The molecule has 0 amide bonds. The number of hydrogen-bond acceptors (Lipinski definition) is 6. The van der Waals surface area contributed by atoms with Crippen molar-refractivity contribution >= 4 is 11.8 Å². The minimum absolute atomic E-state index is 0.00632. The molecule has 1 atom stereocenters. The lowest BCUT2D eigenvalue weighted by atomic mass is 10.1. The molecule has 150 valence electrons. The zero-order valence-electron chi connectivity index (χ0n) is 16.3. The van der Waals surface area contributed by atoms with Crippen LogP contribution in [0.15, 0.2) is 39.9 Å². The van der Waals surface area contributed by atoms with Gasteiger partial charge in [-0.15, -0.1) is 0 Å². The largest absolute Gasteiger partial charge is 0.462 e. The summed E-state index contributed by atoms with van der Waals surface area (Å²) in [5, 5.41) is 0. The molecule has 2 N–H and O–H groups in total. The SMILES string of the molecule is CCOC(=O)c1ccccc1Cn1c(N2CCC[C@@H](N)C2)cc(=O)n(C)c1=O. The molecular formula is C20H26N4O4. The van der Waals surface area contributed by atoms with Crippen LogP contribution in [0.2, 0.25) is 0 Å². The molecule has 1 saturated heterocycles. The molecule has 0 saturated carbocycles. The van der Waals surface area contributed by atoms with E-state index in [-0.39, 0.29) is 24.8 Å². The fourth-order valence-corrected chi connectivity index (χ4v) is 3.52. The highest BCUT2D eigenvalue weighted by Gasteiger charge is 2.22. The van der Waals surface area contributed by atoms with Crippen LogP contribution >= 0.6 is 0 Å². The van der Waals surface area contributed by atoms with Gasteiger partial charge in [-0.3, -0.25) is 13.9 Å². The predicted octanol–water partition coefficient (Wildman–Crippen LogP) is 0.700. The smallest absolute Gasteiger partial charge is 0.338 e. The molecule has 0 bridgehead atoms. The second-order valence-corrected chi connectivity index (χ2v) is 6.99. The topological polar surface area (TPSA) is 99.6 Å². The number of hydrogen-bond donors (Lipinski definition) is 1. The summed E-state index contributed by atoms with van der Waals surface area (Å²) in [5.74, 6) is 0.0967. The van der Waals surface area contributed by atoms with Crippen molar-refractivity contribution in [1.82, 2.24) is 9.13 Å². The second kappa shape index (κ2) is 8.43. The molecule has 0 spiro atoms. The third-order valence-electron chi connectivity index (χ3n) is 5.00.